The zero-order chi connectivity index (χ0) is 24.1. The highest BCUT2D eigenvalue weighted by Gasteiger charge is 2.31. The van der Waals surface area contributed by atoms with Gasteiger partial charge in [-0.05, 0) is 50.5 Å². The van der Waals surface area contributed by atoms with Gasteiger partial charge in [-0.3, -0.25) is 9.59 Å². The molecule has 0 aromatic heterocycles. The highest BCUT2D eigenvalue weighted by atomic mass is 35.5. The summed E-state index contributed by atoms with van der Waals surface area (Å²) in [5.41, 5.74) is 6.62. The maximum absolute atomic E-state index is 12.8. The third-order valence-electron chi connectivity index (χ3n) is 7.50. The van der Waals surface area contributed by atoms with Gasteiger partial charge < -0.3 is 30.3 Å². The van der Waals surface area contributed by atoms with Crippen molar-refractivity contribution < 1.29 is 19.1 Å². The standard InChI is InChI=1S/C25H37ClN4O4/c1-33-23-15-22(27)21(26)14-20(23)24(31)28-19-4-8-29(9-5-19)16-17-2-10-30(11-3-17)25(32)18-6-12-34-13-7-18/h14-15,17-19H,2-13,16,27H2,1H3,(H,28,31). The number of carbonyl (C=O) groups excluding carboxylic acids is 2. The molecule has 3 saturated heterocycles. The molecule has 4 rings (SSSR count). The quantitative estimate of drug-likeness (QED) is 0.593. The van der Waals surface area contributed by atoms with E-state index in [0.717, 1.165) is 71.2 Å². The number of hydrogen-bond donors (Lipinski definition) is 2. The average molecular weight is 493 g/mol. The second-order valence-electron chi connectivity index (χ2n) is 9.78. The maximum atomic E-state index is 12.8. The van der Waals surface area contributed by atoms with E-state index in [4.69, 9.17) is 26.8 Å². The van der Waals surface area contributed by atoms with Crippen LogP contribution in [0.4, 0.5) is 5.69 Å². The van der Waals surface area contributed by atoms with E-state index < -0.39 is 0 Å². The fourth-order valence-corrected chi connectivity index (χ4v) is 5.51. The maximum Gasteiger partial charge on any atom is 0.255 e. The highest BCUT2D eigenvalue weighted by Crippen LogP contribution is 2.29. The third kappa shape index (κ3) is 6.15. The number of amides is 2. The lowest BCUT2D eigenvalue weighted by Gasteiger charge is -2.39. The summed E-state index contributed by atoms with van der Waals surface area (Å²) in [6.45, 7) is 6.17. The fourth-order valence-electron chi connectivity index (χ4n) is 5.34. The van der Waals surface area contributed by atoms with Crippen molar-refractivity contribution in [1.29, 1.82) is 0 Å². The van der Waals surface area contributed by atoms with Crippen molar-refractivity contribution in [2.24, 2.45) is 11.8 Å². The van der Waals surface area contributed by atoms with Crippen LogP contribution in [0.2, 0.25) is 5.02 Å². The number of nitrogen functional groups attached to an aromatic ring is 1. The summed E-state index contributed by atoms with van der Waals surface area (Å²) in [7, 11) is 1.52. The molecule has 188 valence electrons. The van der Waals surface area contributed by atoms with Crippen molar-refractivity contribution in [2.45, 2.75) is 44.6 Å². The van der Waals surface area contributed by atoms with E-state index in [0.29, 0.717) is 47.1 Å². The highest BCUT2D eigenvalue weighted by molar-refractivity contribution is 6.33. The Morgan fingerprint density at radius 2 is 1.76 bits per heavy atom. The fraction of sp³-hybridized carbons (Fsp3) is 0.680. The van der Waals surface area contributed by atoms with E-state index in [9.17, 15) is 9.59 Å². The van der Waals surface area contributed by atoms with Crippen LogP contribution in [0.5, 0.6) is 5.75 Å². The normalized spacial score (nSPS) is 21.4. The molecule has 8 nitrogen and oxygen atoms in total. The van der Waals surface area contributed by atoms with Gasteiger partial charge in [0.1, 0.15) is 5.75 Å². The zero-order valence-electron chi connectivity index (χ0n) is 20.1. The molecular weight excluding hydrogens is 456 g/mol. The molecule has 3 aliphatic rings. The second-order valence-corrected chi connectivity index (χ2v) is 10.2. The minimum atomic E-state index is -0.182. The van der Waals surface area contributed by atoms with Gasteiger partial charge >= 0.3 is 0 Å². The van der Waals surface area contributed by atoms with Crippen LogP contribution in [0.3, 0.4) is 0 Å². The number of anilines is 1. The number of nitrogens with two attached hydrogens (primary N) is 1. The molecule has 1 aromatic carbocycles. The van der Waals surface area contributed by atoms with Gasteiger partial charge in [0.05, 0.1) is 23.4 Å². The molecule has 0 saturated carbocycles. The lowest BCUT2D eigenvalue weighted by Crippen LogP contribution is -2.48. The van der Waals surface area contributed by atoms with E-state index in [2.05, 4.69) is 15.1 Å². The Bertz CT molecular complexity index is 861. The topological polar surface area (TPSA) is 97.1 Å². The Morgan fingerprint density at radius 3 is 2.41 bits per heavy atom. The number of ether oxygens (including phenoxy) is 2. The first-order valence-electron chi connectivity index (χ1n) is 12.5. The van der Waals surface area contributed by atoms with Crippen molar-refractivity contribution in [1.82, 2.24) is 15.1 Å². The molecule has 9 heteroatoms. The Kier molecular flexibility index (Phi) is 8.55. The number of hydrogen-bond acceptors (Lipinski definition) is 6. The summed E-state index contributed by atoms with van der Waals surface area (Å²) in [6, 6.07) is 3.28. The summed E-state index contributed by atoms with van der Waals surface area (Å²) in [6.07, 6.45) is 5.70. The molecule has 34 heavy (non-hydrogen) atoms. The number of methoxy groups -OCH3 is 1. The number of benzene rings is 1. The monoisotopic (exact) mass is 492 g/mol. The van der Waals surface area contributed by atoms with Gasteiger partial charge in [-0.2, -0.15) is 0 Å². The first-order chi connectivity index (χ1) is 16.4. The molecule has 0 spiro atoms. The number of nitrogens with zero attached hydrogens (tertiary/aromatic N) is 2. The molecule has 0 unspecified atom stereocenters. The molecule has 0 bridgehead atoms. The van der Waals surface area contributed by atoms with Crippen LogP contribution in [0.1, 0.15) is 48.9 Å². The predicted molar refractivity (Wildman–Crippen MR) is 132 cm³/mol. The van der Waals surface area contributed by atoms with Gasteiger partial charge in [0.15, 0.2) is 0 Å². The number of nitrogens with one attached hydrogen (secondary N) is 1. The molecular formula is C25H37ClN4O4. The summed E-state index contributed by atoms with van der Waals surface area (Å²) in [5.74, 6) is 1.37. The zero-order valence-corrected chi connectivity index (χ0v) is 20.8. The van der Waals surface area contributed by atoms with Crippen LogP contribution >= 0.6 is 11.6 Å². The Labute approximate surface area is 207 Å². The van der Waals surface area contributed by atoms with Crippen LogP contribution in [-0.2, 0) is 9.53 Å². The van der Waals surface area contributed by atoms with Crippen molar-refractivity contribution in [2.75, 3.05) is 58.8 Å². The second kappa shape index (κ2) is 11.6. The van der Waals surface area contributed by atoms with E-state index in [1.54, 1.807) is 12.1 Å². The number of carbonyl (C=O) groups is 2. The molecule has 3 aliphatic heterocycles. The van der Waals surface area contributed by atoms with Gasteiger partial charge in [-0.1, -0.05) is 11.6 Å². The number of halogens is 1. The van der Waals surface area contributed by atoms with E-state index in [1.807, 2.05) is 0 Å². The molecule has 0 atom stereocenters. The molecule has 2 amide bonds. The lowest BCUT2D eigenvalue weighted by molar-refractivity contribution is -0.140. The molecule has 1 aromatic rings. The largest absolute Gasteiger partial charge is 0.496 e. The van der Waals surface area contributed by atoms with E-state index >= 15 is 0 Å². The Morgan fingerprint density at radius 1 is 1.09 bits per heavy atom. The van der Waals surface area contributed by atoms with Gasteiger partial charge in [-0.15, -0.1) is 0 Å². The third-order valence-corrected chi connectivity index (χ3v) is 7.83. The summed E-state index contributed by atoms with van der Waals surface area (Å²) >= 11 is 6.11. The molecule has 3 N–H and O–H groups in total. The lowest BCUT2D eigenvalue weighted by atomic mass is 9.92. The first-order valence-corrected chi connectivity index (χ1v) is 12.8. The molecule has 3 heterocycles. The predicted octanol–water partition coefficient (Wildman–Crippen LogP) is 2.79. The molecule has 0 aliphatic carbocycles. The Balaban J connectivity index is 1.19. The minimum Gasteiger partial charge on any atom is -0.496 e. The van der Waals surface area contributed by atoms with Gasteiger partial charge in [0, 0.05) is 64.0 Å². The minimum absolute atomic E-state index is 0.128. The summed E-state index contributed by atoms with van der Waals surface area (Å²) in [5, 5.41) is 3.48. The number of piperidine rings is 2. The SMILES string of the molecule is COc1cc(N)c(Cl)cc1C(=O)NC1CCN(CC2CCN(C(=O)C3CCOCC3)CC2)CC1. The van der Waals surface area contributed by atoms with Crippen molar-refractivity contribution >= 4 is 29.1 Å². The first kappa shape index (κ1) is 25.1. The van der Waals surface area contributed by atoms with E-state index in [-0.39, 0.29) is 17.9 Å². The van der Waals surface area contributed by atoms with Crippen LogP contribution < -0.4 is 15.8 Å². The molecule has 3 fully saturated rings. The average Bonchev–Trinajstić information content (AvgIpc) is 2.87. The van der Waals surface area contributed by atoms with Gasteiger partial charge in [0.2, 0.25) is 5.91 Å². The smallest absolute Gasteiger partial charge is 0.255 e. The van der Waals surface area contributed by atoms with Gasteiger partial charge in [-0.25, -0.2) is 0 Å². The number of rotatable bonds is 6. The van der Waals surface area contributed by atoms with Crippen molar-refractivity contribution in [3.63, 3.8) is 0 Å². The van der Waals surface area contributed by atoms with Crippen molar-refractivity contribution in [3.05, 3.63) is 22.7 Å². The van der Waals surface area contributed by atoms with E-state index in [1.165, 1.54) is 7.11 Å². The van der Waals surface area contributed by atoms with Crippen LogP contribution in [0.15, 0.2) is 12.1 Å². The van der Waals surface area contributed by atoms with Crippen LogP contribution in [0, 0.1) is 11.8 Å². The summed E-state index contributed by atoms with van der Waals surface area (Å²) < 4.78 is 10.7. The van der Waals surface area contributed by atoms with Crippen LogP contribution in [-0.4, -0.2) is 80.7 Å². The Hall–Kier alpha value is -2.03. The van der Waals surface area contributed by atoms with Gasteiger partial charge in [0.25, 0.3) is 5.91 Å². The molecule has 0 radical (unpaired) electrons. The van der Waals surface area contributed by atoms with Crippen molar-refractivity contribution in [3.8, 4) is 5.75 Å². The van der Waals surface area contributed by atoms with Crippen LogP contribution in [0.25, 0.3) is 0 Å². The number of likely N-dealkylation sites (tertiary alicyclic amines) is 2. The summed E-state index contributed by atoms with van der Waals surface area (Å²) in [4.78, 5) is 30.1.